The highest BCUT2D eigenvalue weighted by atomic mass is 32.2. The second-order valence-electron chi connectivity index (χ2n) is 6.04. The van der Waals surface area contributed by atoms with E-state index in [0.29, 0.717) is 5.92 Å². The molecule has 3 heterocycles. The largest absolute Gasteiger partial charge is 0.495 e. The second kappa shape index (κ2) is 6.55. The molecule has 0 bridgehead atoms. The van der Waals surface area contributed by atoms with E-state index in [0.717, 1.165) is 43.6 Å². The molecule has 2 fully saturated rings. The molecule has 0 aromatic carbocycles. The molecule has 2 saturated heterocycles. The number of rotatable bonds is 3. The van der Waals surface area contributed by atoms with Gasteiger partial charge in [-0.2, -0.15) is 11.8 Å². The molecule has 2 aliphatic heterocycles. The summed E-state index contributed by atoms with van der Waals surface area (Å²) in [5, 5.41) is 0. The summed E-state index contributed by atoms with van der Waals surface area (Å²) in [6.45, 7) is 0.830. The predicted molar refractivity (Wildman–Crippen MR) is 85.7 cm³/mol. The number of nitrogens with zero attached hydrogens (tertiary/aromatic N) is 1. The van der Waals surface area contributed by atoms with E-state index in [1.807, 2.05) is 17.8 Å². The minimum absolute atomic E-state index is 0.00157. The fourth-order valence-corrected chi connectivity index (χ4v) is 4.79. The van der Waals surface area contributed by atoms with E-state index in [-0.39, 0.29) is 11.6 Å². The SMILES string of the molecule is COc1cnccc1C(N)C1CCOC2(CCSCC2)C1. The van der Waals surface area contributed by atoms with Gasteiger partial charge in [-0.3, -0.25) is 4.98 Å². The third kappa shape index (κ3) is 3.20. The number of aromatic nitrogens is 1. The summed E-state index contributed by atoms with van der Waals surface area (Å²) in [5.74, 6) is 3.67. The van der Waals surface area contributed by atoms with Crippen LogP contribution in [0.2, 0.25) is 0 Å². The lowest BCUT2D eigenvalue weighted by molar-refractivity contribution is -0.105. The summed E-state index contributed by atoms with van der Waals surface area (Å²) < 4.78 is 11.6. The summed E-state index contributed by atoms with van der Waals surface area (Å²) in [4.78, 5) is 4.12. The Morgan fingerprint density at radius 3 is 3.05 bits per heavy atom. The number of thioether (sulfide) groups is 1. The molecular weight excluding hydrogens is 284 g/mol. The van der Waals surface area contributed by atoms with E-state index in [1.54, 1.807) is 19.5 Å². The summed E-state index contributed by atoms with van der Waals surface area (Å²) in [5.41, 5.74) is 7.71. The molecule has 0 aliphatic carbocycles. The molecule has 1 aromatic heterocycles. The standard InChI is InChI=1S/C16H24N2O2S/c1-19-14-11-18-6-2-13(14)15(17)12-3-7-20-16(10-12)4-8-21-9-5-16/h2,6,11-12,15H,3-5,7-10,17H2,1H3. The van der Waals surface area contributed by atoms with E-state index >= 15 is 0 Å². The molecule has 21 heavy (non-hydrogen) atoms. The molecular formula is C16H24N2O2S. The van der Waals surface area contributed by atoms with Gasteiger partial charge in [0.25, 0.3) is 0 Å². The normalized spacial score (nSPS) is 26.5. The molecule has 1 spiro atoms. The fourth-order valence-electron chi connectivity index (χ4n) is 3.55. The molecule has 2 unspecified atom stereocenters. The van der Waals surface area contributed by atoms with E-state index < -0.39 is 0 Å². The monoisotopic (exact) mass is 308 g/mol. The van der Waals surface area contributed by atoms with E-state index in [1.165, 1.54) is 11.5 Å². The van der Waals surface area contributed by atoms with Gasteiger partial charge in [0.2, 0.25) is 0 Å². The Labute approximate surface area is 130 Å². The van der Waals surface area contributed by atoms with Gasteiger partial charge in [0, 0.05) is 24.4 Å². The van der Waals surface area contributed by atoms with Gasteiger partial charge in [0.1, 0.15) is 5.75 Å². The Kier molecular flexibility index (Phi) is 4.72. The number of hydrogen-bond donors (Lipinski definition) is 1. The molecule has 0 radical (unpaired) electrons. The van der Waals surface area contributed by atoms with E-state index in [4.69, 9.17) is 15.2 Å². The molecule has 3 rings (SSSR count). The summed E-state index contributed by atoms with van der Waals surface area (Å²) in [6, 6.07) is 1.99. The first-order chi connectivity index (χ1) is 10.2. The minimum Gasteiger partial charge on any atom is -0.495 e. The highest BCUT2D eigenvalue weighted by Gasteiger charge is 2.40. The average molecular weight is 308 g/mol. The third-order valence-corrected chi connectivity index (χ3v) is 5.82. The highest BCUT2D eigenvalue weighted by Crippen LogP contribution is 2.43. The van der Waals surface area contributed by atoms with Crippen molar-refractivity contribution in [1.29, 1.82) is 0 Å². The molecule has 0 amide bonds. The fraction of sp³-hybridized carbons (Fsp3) is 0.688. The molecule has 2 N–H and O–H groups in total. The maximum Gasteiger partial charge on any atom is 0.141 e. The molecule has 5 heteroatoms. The maximum absolute atomic E-state index is 6.57. The Morgan fingerprint density at radius 2 is 2.29 bits per heavy atom. The van der Waals surface area contributed by atoms with Crippen molar-refractivity contribution >= 4 is 11.8 Å². The van der Waals surface area contributed by atoms with Crippen LogP contribution < -0.4 is 10.5 Å². The molecule has 4 nitrogen and oxygen atoms in total. The van der Waals surface area contributed by atoms with E-state index in [9.17, 15) is 0 Å². The Balaban J connectivity index is 1.76. The number of hydrogen-bond acceptors (Lipinski definition) is 5. The van der Waals surface area contributed by atoms with Crippen molar-refractivity contribution in [2.75, 3.05) is 25.2 Å². The number of nitrogens with two attached hydrogens (primary N) is 1. The molecule has 1 aromatic rings. The molecule has 0 saturated carbocycles. The summed E-state index contributed by atoms with van der Waals surface area (Å²) >= 11 is 2.04. The lowest BCUT2D eigenvalue weighted by atomic mass is 9.77. The van der Waals surface area contributed by atoms with Crippen LogP contribution in [0.4, 0.5) is 0 Å². The van der Waals surface area contributed by atoms with Crippen LogP contribution in [-0.4, -0.2) is 35.8 Å². The average Bonchev–Trinajstić information content (AvgIpc) is 2.55. The van der Waals surface area contributed by atoms with Crippen molar-refractivity contribution in [3.8, 4) is 5.75 Å². The summed E-state index contributed by atoms with van der Waals surface area (Å²) in [7, 11) is 1.68. The van der Waals surface area contributed by atoms with Crippen molar-refractivity contribution < 1.29 is 9.47 Å². The smallest absolute Gasteiger partial charge is 0.141 e. The maximum atomic E-state index is 6.57. The zero-order valence-corrected chi connectivity index (χ0v) is 13.4. The van der Waals surface area contributed by atoms with Crippen LogP contribution in [-0.2, 0) is 4.74 Å². The summed E-state index contributed by atoms with van der Waals surface area (Å²) in [6.07, 6.45) is 7.97. The van der Waals surface area contributed by atoms with Gasteiger partial charge < -0.3 is 15.2 Å². The lowest BCUT2D eigenvalue weighted by Gasteiger charge is -2.44. The van der Waals surface area contributed by atoms with Crippen molar-refractivity contribution in [3.63, 3.8) is 0 Å². The van der Waals surface area contributed by atoms with Gasteiger partial charge >= 0.3 is 0 Å². The zero-order valence-electron chi connectivity index (χ0n) is 12.6. The van der Waals surface area contributed by atoms with Crippen LogP contribution in [0, 0.1) is 5.92 Å². The van der Waals surface area contributed by atoms with Crippen molar-refractivity contribution in [3.05, 3.63) is 24.0 Å². The first-order valence-electron chi connectivity index (χ1n) is 7.69. The van der Waals surface area contributed by atoms with Crippen LogP contribution in [0.5, 0.6) is 5.75 Å². The van der Waals surface area contributed by atoms with Crippen molar-refractivity contribution in [2.45, 2.75) is 37.3 Å². The lowest BCUT2D eigenvalue weighted by Crippen LogP contribution is -2.45. The van der Waals surface area contributed by atoms with E-state index in [2.05, 4.69) is 4.98 Å². The first kappa shape index (κ1) is 15.1. The zero-order chi connectivity index (χ0) is 14.7. The van der Waals surface area contributed by atoms with Crippen LogP contribution in [0.25, 0.3) is 0 Å². The molecule has 2 aliphatic rings. The minimum atomic E-state index is -0.00157. The van der Waals surface area contributed by atoms with Crippen LogP contribution >= 0.6 is 11.8 Å². The Morgan fingerprint density at radius 1 is 1.48 bits per heavy atom. The number of ether oxygens (including phenoxy) is 2. The van der Waals surface area contributed by atoms with Gasteiger partial charge in [-0.05, 0) is 49.2 Å². The van der Waals surface area contributed by atoms with Gasteiger partial charge in [-0.25, -0.2) is 0 Å². The topological polar surface area (TPSA) is 57.4 Å². The van der Waals surface area contributed by atoms with Crippen LogP contribution in [0.15, 0.2) is 18.5 Å². The third-order valence-electron chi connectivity index (χ3n) is 4.84. The van der Waals surface area contributed by atoms with Gasteiger partial charge in [0.05, 0.1) is 18.9 Å². The quantitative estimate of drug-likeness (QED) is 0.930. The Hall–Kier alpha value is -0.780. The molecule has 2 atom stereocenters. The van der Waals surface area contributed by atoms with Crippen LogP contribution in [0.1, 0.15) is 37.3 Å². The first-order valence-corrected chi connectivity index (χ1v) is 8.85. The van der Waals surface area contributed by atoms with Gasteiger partial charge in [-0.1, -0.05) is 0 Å². The van der Waals surface area contributed by atoms with Crippen molar-refractivity contribution in [1.82, 2.24) is 4.98 Å². The van der Waals surface area contributed by atoms with Crippen LogP contribution in [0.3, 0.4) is 0 Å². The Bertz CT molecular complexity index is 472. The second-order valence-corrected chi connectivity index (χ2v) is 7.26. The van der Waals surface area contributed by atoms with Gasteiger partial charge in [0.15, 0.2) is 0 Å². The molecule has 116 valence electrons. The highest BCUT2D eigenvalue weighted by molar-refractivity contribution is 7.99. The van der Waals surface area contributed by atoms with Crippen molar-refractivity contribution in [2.24, 2.45) is 11.7 Å². The number of pyridine rings is 1. The number of methoxy groups -OCH3 is 1. The predicted octanol–water partition coefficient (Wildman–Crippen LogP) is 2.78. The van der Waals surface area contributed by atoms with Gasteiger partial charge in [-0.15, -0.1) is 0 Å².